The minimum atomic E-state index is -3.94. The van der Waals surface area contributed by atoms with Crippen molar-refractivity contribution in [1.29, 1.82) is 0 Å². The Morgan fingerprint density at radius 3 is 1.89 bits per heavy atom. The molecule has 3 saturated heterocycles. The molecule has 57 heavy (non-hydrogen) atoms. The molecule has 0 bridgehead atoms. The molecule has 3 aliphatic rings. The molecule has 2 aromatic carbocycles. The van der Waals surface area contributed by atoms with Gasteiger partial charge in [0.25, 0.3) is 0 Å². The highest BCUT2D eigenvalue weighted by atomic mass is 32.3. The lowest BCUT2D eigenvalue weighted by molar-refractivity contribution is 0.0396. The second kappa shape index (κ2) is 21.2. The van der Waals surface area contributed by atoms with Crippen molar-refractivity contribution < 1.29 is 22.8 Å². The van der Waals surface area contributed by atoms with Crippen molar-refractivity contribution in [2.24, 2.45) is 0 Å². The Bertz CT molecular complexity index is 1780. The Morgan fingerprint density at radius 2 is 1.30 bits per heavy atom. The summed E-state index contributed by atoms with van der Waals surface area (Å²) in [6.07, 6.45) is 21.9. The second-order valence-electron chi connectivity index (χ2n) is 17.0. The number of nitrogens with zero attached hydrogens (tertiary/aromatic N) is 5. The van der Waals surface area contributed by atoms with E-state index in [1.807, 2.05) is 18.2 Å². The zero-order valence-corrected chi connectivity index (χ0v) is 36.7. The first-order chi connectivity index (χ1) is 27.6. The lowest BCUT2D eigenvalue weighted by atomic mass is 9.96. The number of fused-ring (bicyclic) bond motifs is 1. The van der Waals surface area contributed by atoms with Gasteiger partial charge >= 0.3 is 0 Å². The molecule has 12 heteroatoms. The number of sulfone groups is 1. The van der Waals surface area contributed by atoms with Crippen LogP contribution < -0.4 is 9.64 Å². The smallest absolute Gasteiger partial charge is 0.210 e. The summed E-state index contributed by atoms with van der Waals surface area (Å²) in [6.45, 7) is 11.8. The molecule has 0 radical (unpaired) electrons. The Kier molecular flexibility index (Phi) is 16.4. The fourth-order valence-electron chi connectivity index (χ4n) is 9.15. The number of hydrogen-bond donors (Lipinski definition) is 1. The monoisotopic (exact) mass is 824 g/mol. The Balaban J connectivity index is 1.09. The molecule has 3 fully saturated rings. The fourth-order valence-corrected chi connectivity index (χ4v) is 11.4. The van der Waals surface area contributed by atoms with Gasteiger partial charge in [0.15, 0.2) is 0 Å². The number of piperidine rings is 2. The first-order valence-electron chi connectivity index (χ1n) is 22.0. The van der Waals surface area contributed by atoms with Crippen molar-refractivity contribution in [2.45, 2.75) is 124 Å². The zero-order valence-electron chi connectivity index (χ0n) is 35.1. The number of unbranched alkanes of at least 4 members (excludes halogenated alkanes) is 9. The largest absolute Gasteiger partial charge is 0.809 e. The number of benzene rings is 2. The summed E-state index contributed by atoms with van der Waals surface area (Å²) in [5.41, 5.74) is 1.37. The third-order valence-electron chi connectivity index (χ3n) is 12.7. The van der Waals surface area contributed by atoms with E-state index < -0.39 is 20.1 Å². The van der Waals surface area contributed by atoms with Crippen LogP contribution in [0.25, 0.3) is 10.9 Å². The topological polar surface area (TPSA) is 113 Å². The van der Waals surface area contributed by atoms with Gasteiger partial charge in [0, 0.05) is 69.5 Å². The number of β-amino-alcohol motifs (C(OH)–C–C–N with tert-alkyl or cyclic N) is 1. The molecule has 0 aliphatic carbocycles. The van der Waals surface area contributed by atoms with Gasteiger partial charge in [-0.25, -0.2) is 8.42 Å². The van der Waals surface area contributed by atoms with Crippen LogP contribution in [0.5, 0.6) is 5.75 Å². The molecule has 318 valence electrons. The number of anilines is 1. The summed E-state index contributed by atoms with van der Waals surface area (Å²) in [7, 11) is -6.23. The molecule has 1 N–H and O–H groups in total. The van der Waals surface area contributed by atoms with E-state index in [4.69, 9.17) is 4.74 Å². The average molecular weight is 825 g/mol. The van der Waals surface area contributed by atoms with E-state index in [-0.39, 0.29) is 16.4 Å². The van der Waals surface area contributed by atoms with Gasteiger partial charge in [-0.05, 0) is 105 Å². The van der Waals surface area contributed by atoms with Gasteiger partial charge in [-0.3, -0.25) is 14.8 Å². The predicted molar refractivity (Wildman–Crippen MR) is 234 cm³/mol. The standard InChI is InChI=1S/C45H71N5O5S2/c1-4-5-6-7-8-9-10-11-12-13-34-55-39-14-16-40(17-15-39)57(53,54)44-36-46-43-19-18-41(56(2,3)52)35-42(43)45(44)50-26-22-37(23-27-50)48-24-20-38(21-25-48)49-30-28-47(29-31-49)32-33-51/h14-19,35-38,51-52H,4-13,20-34H2,1-3H3/p-1. The minimum absolute atomic E-state index is 0.197. The van der Waals surface area contributed by atoms with Gasteiger partial charge in [0.1, 0.15) is 10.6 Å². The molecule has 3 aliphatic heterocycles. The molecule has 6 rings (SSSR count). The van der Waals surface area contributed by atoms with E-state index in [2.05, 4.69) is 31.5 Å². The van der Waals surface area contributed by atoms with Gasteiger partial charge in [-0.1, -0.05) is 64.7 Å². The van der Waals surface area contributed by atoms with Crippen molar-refractivity contribution in [3.8, 4) is 5.75 Å². The molecule has 0 unspecified atom stereocenters. The molecule has 4 heterocycles. The van der Waals surface area contributed by atoms with E-state index in [1.165, 1.54) is 70.4 Å². The van der Waals surface area contributed by atoms with Crippen molar-refractivity contribution in [3.63, 3.8) is 0 Å². The highest BCUT2D eigenvalue weighted by molar-refractivity contribution is 8.28. The van der Waals surface area contributed by atoms with Crippen LogP contribution in [0, 0.1) is 0 Å². The third-order valence-corrected chi connectivity index (χ3v) is 15.8. The van der Waals surface area contributed by atoms with Crippen molar-refractivity contribution in [2.75, 3.05) is 89.5 Å². The molecule has 0 amide bonds. The summed E-state index contributed by atoms with van der Waals surface area (Å²) in [5, 5.41) is 10.1. The number of aliphatic hydroxyl groups excluding tert-OH is 1. The maximum Gasteiger partial charge on any atom is 0.210 e. The van der Waals surface area contributed by atoms with Gasteiger partial charge in [-0.2, -0.15) is 0 Å². The minimum Gasteiger partial charge on any atom is -0.809 e. The maximum atomic E-state index is 14.5. The first kappa shape index (κ1) is 44.1. The Labute approximate surface area is 345 Å². The summed E-state index contributed by atoms with van der Waals surface area (Å²) in [5.74, 6) is 0.679. The molecule has 0 spiro atoms. The molecule has 0 atom stereocenters. The Hall–Kier alpha value is -2.45. The number of hydrogen-bond acceptors (Lipinski definition) is 10. The van der Waals surface area contributed by atoms with Crippen molar-refractivity contribution in [3.05, 3.63) is 48.7 Å². The van der Waals surface area contributed by atoms with E-state index in [0.29, 0.717) is 40.5 Å². The number of ether oxygens (including phenoxy) is 1. The van der Waals surface area contributed by atoms with E-state index in [1.54, 1.807) is 36.8 Å². The SMILES string of the molecule is CCCCCCCCCCCCOc1ccc(S(=O)(=O)c2cnc3ccc(S(C)(C)[O-])cc3c2N2CCC(N3CCC(N4CCN(CCO)CC4)CC3)CC2)cc1. The van der Waals surface area contributed by atoms with Crippen molar-refractivity contribution in [1.82, 2.24) is 19.7 Å². The molecular weight excluding hydrogens is 755 g/mol. The van der Waals surface area contributed by atoms with Crippen LogP contribution in [0.1, 0.15) is 96.8 Å². The summed E-state index contributed by atoms with van der Waals surface area (Å²) < 4.78 is 48.3. The highest BCUT2D eigenvalue weighted by Crippen LogP contribution is 2.47. The molecular formula is C45H70N5O5S2-. The quantitative estimate of drug-likeness (QED) is 0.113. The number of pyridine rings is 1. The van der Waals surface area contributed by atoms with Gasteiger partial charge in [0.2, 0.25) is 9.84 Å². The molecule has 3 aromatic rings. The van der Waals surface area contributed by atoms with Gasteiger partial charge < -0.3 is 34.5 Å². The number of aliphatic hydroxyl groups is 1. The number of piperazine rings is 1. The van der Waals surface area contributed by atoms with E-state index in [0.717, 1.165) is 90.0 Å². The van der Waals surface area contributed by atoms with E-state index >= 15 is 0 Å². The number of likely N-dealkylation sites (tertiary alicyclic amines) is 1. The summed E-state index contributed by atoms with van der Waals surface area (Å²) >= 11 is 0. The lowest BCUT2D eigenvalue weighted by Gasteiger charge is -2.46. The van der Waals surface area contributed by atoms with Crippen LogP contribution in [0.15, 0.2) is 63.3 Å². The normalized spacial score (nSPS) is 19.1. The third kappa shape index (κ3) is 11.9. The number of rotatable bonds is 20. The molecule has 1 aromatic heterocycles. The van der Waals surface area contributed by atoms with Crippen molar-refractivity contribution >= 4 is 36.7 Å². The van der Waals surface area contributed by atoms with Crippen LogP contribution in [-0.2, 0) is 9.84 Å². The molecule has 10 nitrogen and oxygen atoms in total. The zero-order chi connectivity index (χ0) is 40.3. The van der Waals surface area contributed by atoms with Gasteiger partial charge in [-0.15, -0.1) is 0 Å². The van der Waals surface area contributed by atoms with Crippen LogP contribution in [0.3, 0.4) is 0 Å². The lowest BCUT2D eigenvalue weighted by Crippen LogP contribution is -2.55. The average Bonchev–Trinajstić information content (AvgIpc) is 3.22. The fraction of sp³-hybridized carbons (Fsp3) is 0.667. The first-order valence-corrected chi connectivity index (χ1v) is 25.9. The van der Waals surface area contributed by atoms with Crippen LogP contribution in [-0.4, -0.2) is 134 Å². The number of aromatic nitrogens is 1. The molecule has 0 saturated carbocycles. The Morgan fingerprint density at radius 1 is 0.737 bits per heavy atom. The summed E-state index contributed by atoms with van der Waals surface area (Å²) in [4.78, 5) is 15.7. The second-order valence-corrected chi connectivity index (χ2v) is 21.8. The maximum absolute atomic E-state index is 14.5. The predicted octanol–water partition coefficient (Wildman–Crippen LogP) is 7.96. The van der Waals surface area contributed by atoms with Crippen LogP contribution in [0.2, 0.25) is 0 Å². The summed E-state index contributed by atoms with van der Waals surface area (Å²) in [6, 6.07) is 13.6. The van der Waals surface area contributed by atoms with Crippen LogP contribution in [0.4, 0.5) is 5.69 Å². The van der Waals surface area contributed by atoms with E-state index in [9.17, 15) is 18.1 Å². The van der Waals surface area contributed by atoms with Gasteiger partial charge in [0.05, 0.1) is 29.3 Å². The highest BCUT2D eigenvalue weighted by Gasteiger charge is 2.34. The van der Waals surface area contributed by atoms with Crippen LogP contribution >= 0.6 is 10.3 Å².